The molecular weight excluding hydrogens is 358 g/mol. The first-order valence-corrected chi connectivity index (χ1v) is 9.75. The Labute approximate surface area is 164 Å². The summed E-state index contributed by atoms with van der Waals surface area (Å²) >= 11 is 6.37. The van der Waals surface area contributed by atoms with Gasteiger partial charge in [-0.1, -0.05) is 41.9 Å². The van der Waals surface area contributed by atoms with Gasteiger partial charge >= 0.3 is 0 Å². The normalized spacial score (nSPS) is 14.5. The van der Waals surface area contributed by atoms with E-state index in [1.807, 2.05) is 50.5 Å². The number of benzene rings is 2. The molecule has 1 aliphatic carbocycles. The molecule has 4 rings (SSSR count). The van der Waals surface area contributed by atoms with E-state index >= 15 is 0 Å². The van der Waals surface area contributed by atoms with E-state index in [1.54, 1.807) is 0 Å². The average Bonchev–Trinajstić information content (AvgIpc) is 3.24. The predicted molar refractivity (Wildman–Crippen MR) is 111 cm³/mol. The van der Waals surface area contributed by atoms with Crippen LogP contribution in [0.5, 0.6) is 0 Å². The highest BCUT2D eigenvalue weighted by atomic mass is 35.5. The monoisotopic (exact) mass is 381 g/mol. The van der Waals surface area contributed by atoms with Gasteiger partial charge in [-0.15, -0.1) is 0 Å². The number of carbonyl (C=O) groups is 1. The summed E-state index contributed by atoms with van der Waals surface area (Å²) in [6, 6.07) is 13.8. The molecule has 0 fully saturated rings. The highest BCUT2D eigenvalue weighted by Gasteiger charge is 2.22. The third-order valence-corrected chi connectivity index (χ3v) is 5.82. The average molecular weight is 382 g/mol. The number of aromatic amines is 1. The Morgan fingerprint density at radius 1 is 1.19 bits per heavy atom. The van der Waals surface area contributed by atoms with Gasteiger partial charge in [0.05, 0.1) is 17.1 Å². The molecule has 27 heavy (non-hydrogen) atoms. The molecular formula is C22H24ClN3O. The molecule has 1 unspecified atom stereocenters. The molecule has 5 heteroatoms. The Morgan fingerprint density at radius 2 is 2.00 bits per heavy atom. The molecule has 2 aromatic carbocycles. The minimum Gasteiger partial charge on any atom is -0.358 e. The van der Waals surface area contributed by atoms with Crippen molar-refractivity contribution in [1.82, 2.24) is 15.2 Å². The number of likely N-dealkylation sites (N-methyl/N-ethyl adjacent to an activating group) is 1. The van der Waals surface area contributed by atoms with E-state index in [2.05, 4.69) is 21.3 Å². The molecule has 1 aromatic heterocycles. The molecule has 1 atom stereocenters. The van der Waals surface area contributed by atoms with Crippen LogP contribution < -0.4 is 5.32 Å². The standard InChI is InChI=1S/C22H24ClN3O/c1-26(2)20(16-7-3-4-11-18(16)23)13-24-22(27)17-10-5-9-15-14-8-6-12-19(14)25-21(15)17/h3-5,7,9-11,20,25H,6,8,12-13H2,1-2H3,(H,24,27). The van der Waals surface area contributed by atoms with Gasteiger partial charge in [-0.25, -0.2) is 0 Å². The van der Waals surface area contributed by atoms with Crippen molar-refractivity contribution < 1.29 is 4.79 Å². The number of hydrogen-bond donors (Lipinski definition) is 2. The number of nitrogens with zero attached hydrogens (tertiary/aromatic N) is 1. The molecule has 0 spiro atoms. The number of aromatic nitrogens is 1. The molecule has 1 heterocycles. The van der Waals surface area contributed by atoms with Crippen LogP contribution in [0.15, 0.2) is 42.5 Å². The number of fused-ring (bicyclic) bond motifs is 3. The lowest BCUT2D eigenvalue weighted by Crippen LogP contribution is -2.34. The topological polar surface area (TPSA) is 48.1 Å². The fourth-order valence-electron chi connectivity index (χ4n) is 4.06. The highest BCUT2D eigenvalue weighted by molar-refractivity contribution is 6.31. The van der Waals surface area contributed by atoms with Crippen molar-refractivity contribution in [3.63, 3.8) is 0 Å². The summed E-state index contributed by atoms with van der Waals surface area (Å²) in [4.78, 5) is 18.5. The molecule has 140 valence electrons. The molecule has 0 bridgehead atoms. The zero-order valence-corrected chi connectivity index (χ0v) is 16.4. The number of rotatable bonds is 5. The summed E-state index contributed by atoms with van der Waals surface area (Å²) in [6.45, 7) is 0.492. The van der Waals surface area contributed by atoms with E-state index in [0.29, 0.717) is 17.1 Å². The summed E-state index contributed by atoms with van der Waals surface area (Å²) in [5.74, 6) is -0.0561. The maximum atomic E-state index is 12.9. The number of amides is 1. The maximum Gasteiger partial charge on any atom is 0.253 e. The van der Waals surface area contributed by atoms with Crippen LogP contribution in [0, 0.1) is 0 Å². The van der Waals surface area contributed by atoms with Crippen molar-refractivity contribution in [3.05, 3.63) is 69.9 Å². The number of H-pyrrole nitrogens is 1. The van der Waals surface area contributed by atoms with Crippen molar-refractivity contribution >= 4 is 28.4 Å². The van der Waals surface area contributed by atoms with Crippen LogP contribution in [0.25, 0.3) is 10.9 Å². The molecule has 0 aliphatic heterocycles. The van der Waals surface area contributed by atoms with Crippen LogP contribution in [-0.4, -0.2) is 36.4 Å². The molecule has 1 aliphatic rings. The first kappa shape index (κ1) is 18.1. The van der Waals surface area contributed by atoms with Crippen molar-refractivity contribution in [2.75, 3.05) is 20.6 Å². The van der Waals surface area contributed by atoms with Gasteiger partial charge in [-0.2, -0.15) is 0 Å². The van der Waals surface area contributed by atoms with Gasteiger partial charge in [0.2, 0.25) is 0 Å². The summed E-state index contributed by atoms with van der Waals surface area (Å²) in [7, 11) is 3.99. The Morgan fingerprint density at radius 3 is 2.78 bits per heavy atom. The first-order chi connectivity index (χ1) is 13.1. The van der Waals surface area contributed by atoms with Crippen molar-refractivity contribution in [1.29, 1.82) is 0 Å². The van der Waals surface area contributed by atoms with Crippen LogP contribution in [0.4, 0.5) is 0 Å². The van der Waals surface area contributed by atoms with E-state index in [0.717, 1.165) is 23.9 Å². The SMILES string of the molecule is CN(C)C(CNC(=O)c1cccc2c3c([nH]c12)CCC3)c1ccccc1Cl. The van der Waals surface area contributed by atoms with E-state index in [9.17, 15) is 4.79 Å². The van der Waals surface area contributed by atoms with Crippen LogP contribution in [0.3, 0.4) is 0 Å². The first-order valence-electron chi connectivity index (χ1n) is 9.37. The van der Waals surface area contributed by atoms with E-state index in [1.165, 1.54) is 23.1 Å². The third-order valence-electron chi connectivity index (χ3n) is 5.47. The van der Waals surface area contributed by atoms with Gasteiger partial charge in [-0.05, 0) is 56.6 Å². The Balaban J connectivity index is 1.57. The third kappa shape index (κ3) is 3.35. The maximum absolute atomic E-state index is 12.9. The minimum absolute atomic E-state index is 0.00972. The second kappa shape index (κ2) is 7.37. The number of para-hydroxylation sites is 1. The number of aryl methyl sites for hydroxylation is 2. The van der Waals surface area contributed by atoms with Crippen LogP contribution >= 0.6 is 11.6 Å². The molecule has 0 radical (unpaired) electrons. The summed E-state index contributed by atoms with van der Waals surface area (Å²) in [5, 5.41) is 5.01. The van der Waals surface area contributed by atoms with E-state index in [-0.39, 0.29) is 11.9 Å². The molecule has 2 N–H and O–H groups in total. The zero-order valence-electron chi connectivity index (χ0n) is 15.7. The second-order valence-corrected chi connectivity index (χ2v) is 7.78. The predicted octanol–water partition coefficient (Wildman–Crippen LogP) is 4.34. The Bertz CT molecular complexity index is 992. The summed E-state index contributed by atoms with van der Waals surface area (Å²) < 4.78 is 0. The van der Waals surface area contributed by atoms with Crippen LogP contribution in [-0.2, 0) is 12.8 Å². The quantitative estimate of drug-likeness (QED) is 0.690. The van der Waals surface area contributed by atoms with Crippen molar-refractivity contribution in [2.24, 2.45) is 0 Å². The number of nitrogens with one attached hydrogen (secondary N) is 2. The fraction of sp³-hybridized carbons (Fsp3) is 0.318. The summed E-state index contributed by atoms with van der Waals surface area (Å²) in [5.41, 5.74) is 5.34. The minimum atomic E-state index is -0.0561. The van der Waals surface area contributed by atoms with Gasteiger partial charge in [0, 0.05) is 22.6 Å². The van der Waals surface area contributed by atoms with Crippen LogP contribution in [0.2, 0.25) is 5.02 Å². The second-order valence-electron chi connectivity index (χ2n) is 7.37. The molecule has 4 nitrogen and oxygen atoms in total. The van der Waals surface area contributed by atoms with Gasteiger partial charge in [0.1, 0.15) is 0 Å². The molecule has 0 saturated heterocycles. The smallest absolute Gasteiger partial charge is 0.253 e. The molecule has 3 aromatic rings. The van der Waals surface area contributed by atoms with Crippen molar-refractivity contribution in [3.8, 4) is 0 Å². The Hall–Kier alpha value is -2.30. The Kier molecular flexibility index (Phi) is 4.94. The lowest BCUT2D eigenvalue weighted by molar-refractivity contribution is 0.0943. The molecule has 1 amide bonds. The van der Waals surface area contributed by atoms with Gasteiger partial charge in [0.25, 0.3) is 5.91 Å². The number of hydrogen-bond acceptors (Lipinski definition) is 2. The molecule has 0 saturated carbocycles. The summed E-state index contributed by atoms with van der Waals surface area (Å²) in [6.07, 6.45) is 3.35. The number of halogens is 1. The van der Waals surface area contributed by atoms with Crippen LogP contribution in [0.1, 0.15) is 39.6 Å². The van der Waals surface area contributed by atoms with E-state index in [4.69, 9.17) is 11.6 Å². The van der Waals surface area contributed by atoms with Gasteiger partial charge in [-0.3, -0.25) is 4.79 Å². The van der Waals surface area contributed by atoms with E-state index < -0.39 is 0 Å². The number of carbonyl (C=O) groups excluding carboxylic acids is 1. The largest absolute Gasteiger partial charge is 0.358 e. The van der Waals surface area contributed by atoms with Gasteiger partial charge in [0.15, 0.2) is 0 Å². The lowest BCUT2D eigenvalue weighted by atomic mass is 10.0. The lowest BCUT2D eigenvalue weighted by Gasteiger charge is -2.26. The fourth-order valence-corrected chi connectivity index (χ4v) is 4.32. The van der Waals surface area contributed by atoms with Crippen molar-refractivity contribution in [2.45, 2.75) is 25.3 Å². The highest BCUT2D eigenvalue weighted by Crippen LogP contribution is 2.31. The zero-order chi connectivity index (χ0) is 19.0. The van der Waals surface area contributed by atoms with Gasteiger partial charge < -0.3 is 15.2 Å².